The van der Waals surface area contributed by atoms with E-state index in [0.29, 0.717) is 11.3 Å². The molecule has 0 spiro atoms. The second-order valence-electron chi connectivity index (χ2n) is 20.0. The lowest BCUT2D eigenvalue weighted by molar-refractivity contribution is -0.141. The highest BCUT2D eigenvalue weighted by Crippen LogP contribution is 2.41. The number of halogens is 2. The topological polar surface area (TPSA) is 286 Å². The summed E-state index contributed by atoms with van der Waals surface area (Å²) in [6, 6.07) is 17.2. The maximum atomic E-state index is 15.4. The first kappa shape index (κ1) is 60.5. The Morgan fingerprint density at radius 2 is 1.41 bits per heavy atom. The van der Waals surface area contributed by atoms with Gasteiger partial charge in [-0.2, -0.15) is 0 Å². The van der Waals surface area contributed by atoms with Crippen LogP contribution in [0.1, 0.15) is 89.6 Å². The van der Waals surface area contributed by atoms with Crippen molar-refractivity contribution in [1.29, 1.82) is 0 Å². The molecule has 20 nitrogen and oxygen atoms in total. The molecule has 0 bridgehead atoms. The third kappa shape index (κ3) is 17.6. The minimum Gasteiger partial charge on any atom is -0.445 e. The smallest absolute Gasteiger partial charge is 0.408 e. The third-order valence-electron chi connectivity index (χ3n) is 12.7. The molecule has 22 heteroatoms. The average Bonchev–Trinajstić information content (AvgIpc) is 3.96. The van der Waals surface area contributed by atoms with E-state index in [-0.39, 0.29) is 56.6 Å². The van der Waals surface area contributed by atoms with Gasteiger partial charge in [-0.3, -0.25) is 48.1 Å². The van der Waals surface area contributed by atoms with Crippen LogP contribution in [0.3, 0.4) is 0 Å². The molecule has 0 saturated carbocycles. The van der Waals surface area contributed by atoms with Gasteiger partial charge in [-0.15, -0.1) is 0 Å². The molecular formula is C56H66F2N8O12. The SMILES string of the molecule is C[C@H](NC(=O)OCc1ccccc1)C(=O)C[C@H](C)C(=O)N[C@@H](CC(N)=O)C(=O)N[C@@H](CCN(C(=O)CO)[C@@H](c1cc(-c2cc(F)ccc2F)cn1Cc1ccccc1)C(C)(C)C)C(=O)NCCCC(=O)CN1C(=O)C=CC1=O. The first-order valence-electron chi connectivity index (χ1n) is 25.3. The van der Waals surface area contributed by atoms with Crippen LogP contribution in [0.4, 0.5) is 13.6 Å². The van der Waals surface area contributed by atoms with Gasteiger partial charge in [-0.05, 0) is 60.6 Å². The van der Waals surface area contributed by atoms with Crippen molar-refractivity contribution in [2.75, 3.05) is 26.2 Å². The van der Waals surface area contributed by atoms with Crippen LogP contribution >= 0.6 is 0 Å². The molecule has 416 valence electrons. The van der Waals surface area contributed by atoms with Crippen molar-refractivity contribution >= 4 is 59.0 Å². The summed E-state index contributed by atoms with van der Waals surface area (Å²) in [4.78, 5) is 133. The average molecular weight is 1080 g/mol. The number of carbonyl (C=O) groups excluding carboxylic acids is 10. The Morgan fingerprint density at radius 1 is 0.782 bits per heavy atom. The van der Waals surface area contributed by atoms with Crippen LogP contribution in [0.2, 0.25) is 0 Å². The van der Waals surface area contributed by atoms with Gasteiger partial charge in [0, 0.05) is 73.6 Å². The van der Waals surface area contributed by atoms with Crippen LogP contribution in [-0.4, -0.2) is 123 Å². The number of carbonyl (C=O) groups is 10. The Bertz CT molecular complexity index is 2850. The van der Waals surface area contributed by atoms with Crippen molar-refractivity contribution in [3.05, 3.63) is 132 Å². The van der Waals surface area contributed by atoms with E-state index in [1.807, 2.05) is 30.3 Å². The molecule has 4 aromatic rings. The number of nitrogens with zero attached hydrogens (tertiary/aromatic N) is 3. The van der Waals surface area contributed by atoms with E-state index >= 15 is 4.39 Å². The summed E-state index contributed by atoms with van der Waals surface area (Å²) in [7, 11) is 0. The zero-order valence-electron chi connectivity index (χ0n) is 44.1. The number of alkyl carbamates (subject to hydrolysis) is 1. The van der Waals surface area contributed by atoms with Gasteiger partial charge >= 0.3 is 6.09 Å². The minimum atomic E-state index is -1.71. The molecule has 5 rings (SSSR count). The number of aliphatic hydroxyl groups is 1. The van der Waals surface area contributed by atoms with E-state index < -0.39 is 132 Å². The molecule has 0 unspecified atom stereocenters. The Labute approximate surface area is 450 Å². The van der Waals surface area contributed by atoms with Gasteiger partial charge in [-0.1, -0.05) is 88.4 Å². The number of Topliss-reactive ketones (excluding diaryl/α,β-unsaturated/α-hetero) is 2. The molecule has 7 N–H and O–H groups in total. The summed E-state index contributed by atoms with van der Waals surface area (Å²) in [6.07, 6.45) is 1.07. The van der Waals surface area contributed by atoms with Crippen molar-refractivity contribution in [3.8, 4) is 11.1 Å². The van der Waals surface area contributed by atoms with Crippen LogP contribution in [-0.2, 0) is 61.0 Å². The van der Waals surface area contributed by atoms with Crippen LogP contribution < -0.4 is 27.0 Å². The summed E-state index contributed by atoms with van der Waals surface area (Å²) in [5, 5.41) is 20.5. The molecule has 3 aromatic carbocycles. The number of rotatable bonds is 28. The number of ether oxygens (including phenoxy) is 1. The van der Waals surface area contributed by atoms with Gasteiger partial charge in [0.15, 0.2) is 11.6 Å². The highest BCUT2D eigenvalue weighted by atomic mass is 19.1. The molecule has 0 fully saturated rings. The van der Waals surface area contributed by atoms with Crippen molar-refractivity contribution < 1.29 is 66.6 Å². The van der Waals surface area contributed by atoms with Crippen molar-refractivity contribution in [2.45, 2.75) is 104 Å². The number of ketones is 2. The number of benzene rings is 3. The second-order valence-corrected chi connectivity index (χ2v) is 20.0. The molecule has 1 aromatic heterocycles. The first-order valence-corrected chi connectivity index (χ1v) is 25.3. The number of primary amides is 1. The second kappa shape index (κ2) is 28.1. The molecule has 0 aliphatic carbocycles. The Kier molecular flexibility index (Phi) is 21.8. The summed E-state index contributed by atoms with van der Waals surface area (Å²) >= 11 is 0. The number of nitrogens with two attached hydrogens (primary N) is 1. The Hall–Kier alpha value is -8.40. The van der Waals surface area contributed by atoms with Crippen LogP contribution in [0.25, 0.3) is 11.1 Å². The highest BCUT2D eigenvalue weighted by molar-refractivity contribution is 6.14. The standard InChI is InChI=1S/C56H66F2N8O12/c1-34(25-46(69)35(2)61-55(77)78-33-37-15-10-7-11-16-37)52(74)63-44(28-47(59)70)54(76)62-43(53(75)60-23-12-17-40(68)31-66-48(71)20-21-49(66)72)22-24-65(50(73)32-67)51(56(3,4)5)45-26-38(41-27-39(57)18-19-42(41)58)30-64(45)29-36-13-8-6-9-14-36/h6-11,13-16,18-21,26-27,30,34-35,43-44,51,67H,12,17,22-25,28-29,31-33H2,1-5H3,(H2,59,70)(H,60,75)(H,61,77)(H,62,76)(H,63,74)/t34-,35-,43-,44-,51-/m0/s1. The molecule has 8 amide bonds. The van der Waals surface area contributed by atoms with E-state index in [1.54, 1.807) is 67.9 Å². The summed E-state index contributed by atoms with van der Waals surface area (Å²) in [5.74, 6) is -9.54. The minimum absolute atomic E-state index is 0.0166. The number of hydrogen-bond donors (Lipinski definition) is 6. The zero-order chi connectivity index (χ0) is 57.3. The van der Waals surface area contributed by atoms with Crippen molar-refractivity contribution in [1.82, 2.24) is 35.6 Å². The van der Waals surface area contributed by atoms with Gasteiger partial charge in [0.1, 0.15) is 36.9 Å². The lowest BCUT2D eigenvalue weighted by Crippen LogP contribution is -2.56. The fourth-order valence-electron chi connectivity index (χ4n) is 8.69. The van der Waals surface area contributed by atoms with Gasteiger partial charge < -0.3 is 46.3 Å². The maximum Gasteiger partial charge on any atom is 0.408 e. The highest BCUT2D eigenvalue weighted by Gasteiger charge is 2.39. The fraction of sp³-hybridized carbons (Fsp3) is 0.393. The monoisotopic (exact) mass is 1080 g/mol. The quantitative estimate of drug-likeness (QED) is 0.0349. The molecule has 78 heavy (non-hydrogen) atoms. The lowest BCUT2D eigenvalue weighted by atomic mass is 9.82. The van der Waals surface area contributed by atoms with Crippen LogP contribution in [0.5, 0.6) is 0 Å². The van der Waals surface area contributed by atoms with Crippen LogP contribution in [0, 0.1) is 23.0 Å². The molecule has 0 saturated heterocycles. The maximum absolute atomic E-state index is 15.4. The number of amides is 8. The number of hydrogen-bond acceptors (Lipinski definition) is 12. The number of imide groups is 1. The number of nitrogens with one attached hydrogen (secondary N) is 4. The summed E-state index contributed by atoms with van der Waals surface area (Å²) in [5.41, 5.74) is 6.80. The normalized spacial score (nSPS) is 14.1. The number of aliphatic hydroxyl groups excluding tert-OH is 1. The van der Waals surface area contributed by atoms with Gasteiger partial charge in [0.25, 0.3) is 11.8 Å². The van der Waals surface area contributed by atoms with Gasteiger partial charge in [0.05, 0.1) is 25.0 Å². The third-order valence-corrected chi connectivity index (χ3v) is 12.7. The fourth-order valence-corrected chi connectivity index (χ4v) is 8.69. The predicted octanol–water partition coefficient (Wildman–Crippen LogP) is 3.93. The molecule has 1 aliphatic rings. The first-order chi connectivity index (χ1) is 36.9. The van der Waals surface area contributed by atoms with Crippen LogP contribution in [0.15, 0.2) is 103 Å². The molecule has 0 radical (unpaired) electrons. The van der Waals surface area contributed by atoms with Gasteiger partial charge in [0.2, 0.25) is 29.5 Å². The number of aromatic nitrogens is 1. The van der Waals surface area contributed by atoms with Crippen molar-refractivity contribution in [3.63, 3.8) is 0 Å². The van der Waals surface area contributed by atoms with Crippen molar-refractivity contribution in [2.24, 2.45) is 17.1 Å². The summed E-state index contributed by atoms with van der Waals surface area (Å²) < 4.78 is 37.0. The molecule has 1 aliphatic heterocycles. The van der Waals surface area contributed by atoms with E-state index in [9.17, 15) is 57.4 Å². The summed E-state index contributed by atoms with van der Waals surface area (Å²) in [6.45, 7) is 6.29. The largest absolute Gasteiger partial charge is 0.445 e. The Morgan fingerprint density at radius 3 is 2.03 bits per heavy atom. The lowest BCUT2D eigenvalue weighted by Gasteiger charge is -2.41. The van der Waals surface area contributed by atoms with E-state index in [1.165, 1.54) is 18.7 Å². The van der Waals surface area contributed by atoms with E-state index in [4.69, 9.17) is 10.5 Å². The Balaban J connectivity index is 1.39. The predicted molar refractivity (Wildman–Crippen MR) is 280 cm³/mol. The zero-order valence-corrected chi connectivity index (χ0v) is 44.1. The molecular weight excluding hydrogens is 1010 g/mol. The van der Waals surface area contributed by atoms with Gasteiger partial charge in [-0.25, -0.2) is 13.6 Å². The van der Waals surface area contributed by atoms with E-state index in [0.717, 1.165) is 40.8 Å². The van der Waals surface area contributed by atoms with E-state index in [2.05, 4.69) is 21.3 Å². The molecule has 2 heterocycles. The molecule has 5 atom stereocenters.